The molecule has 3 aromatic rings. The van der Waals surface area contributed by atoms with Gasteiger partial charge in [0.2, 0.25) is 0 Å². The highest BCUT2D eigenvalue weighted by Crippen LogP contribution is 2.45. The summed E-state index contributed by atoms with van der Waals surface area (Å²) in [7, 11) is 3.30. The lowest BCUT2D eigenvalue weighted by molar-refractivity contribution is -0.130. The van der Waals surface area contributed by atoms with Crippen LogP contribution in [-0.2, 0) is 11.2 Å². The van der Waals surface area contributed by atoms with E-state index in [9.17, 15) is 9.59 Å². The Morgan fingerprint density at radius 2 is 1.80 bits per heavy atom. The highest BCUT2D eigenvalue weighted by Gasteiger charge is 2.43. The minimum absolute atomic E-state index is 0.0893. The Morgan fingerprint density at radius 3 is 2.48 bits per heavy atom. The van der Waals surface area contributed by atoms with E-state index in [1.165, 1.54) is 17.8 Å². The van der Waals surface area contributed by atoms with Crippen molar-refractivity contribution in [2.24, 2.45) is 11.0 Å². The molecule has 2 aromatic carbocycles. The zero-order chi connectivity index (χ0) is 28.1. The number of methoxy groups -OCH3 is 2. The van der Waals surface area contributed by atoms with Crippen molar-refractivity contribution in [3.05, 3.63) is 87.3 Å². The highest BCUT2D eigenvalue weighted by atomic mass is 32.2. The second kappa shape index (κ2) is 12.6. The molecule has 0 unspecified atom stereocenters. The number of fused-ring (bicyclic) bond motifs is 1. The summed E-state index contributed by atoms with van der Waals surface area (Å²) in [5.41, 5.74) is 4.75. The number of amides is 1. The number of thioether (sulfide) groups is 1. The number of nitrogens with zero attached hydrogens (tertiary/aromatic N) is 3. The fraction of sp³-hybridized carbons (Fsp3) is 0.355. The minimum Gasteiger partial charge on any atom is -0.497 e. The van der Waals surface area contributed by atoms with Gasteiger partial charge in [0.15, 0.2) is 5.16 Å². The molecule has 5 rings (SSSR count). The van der Waals surface area contributed by atoms with Crippen molar-refractivity contribution in [1.29, 1.82) is 0 Å². The van der Waals surface area contributed by atoms with Crippen LogP contribution < -0.4 is 15.0 Å². The first-order valence-corrected chi connectivity index (χ1v) is 14.6. The van der Waals surface area contributed by atoms with Crippen molar-refractivity contribution in [2.45, 2.75) is 50.2 Å². The van der Waals surface area contributed by atoms with E-state index in [-0.39, 0.29) is 29.2 Å². The van der Waals surface area contributed by atoms with Crippen LogP contribution in [0.1, 0.15) is 55.5 Å². The molecule has 8 nitrogen and oxygen atoms in total. The first kappa shape index (κ1) is 27.7. The molecule has 0 saturated heterocycles. The van der Waals surface area contributed by atoms with Crippen LogP contribution in [0, 0.1) is 5.92 Å². The van der Waals surface area contributed by atoms with E-state index in [0.717, 1.165) is 71.7 Å². The molecule has 1 saturated carbocycles. The first-order chi connectivity index (χ1) is 19.5. The zero-order valence-electron chi connectivity index (χ0n) is 23.1. The van der Waals surface area contributed by atoms with E-state index in [1.54, 1.807) is 19.2 Å². The number of aromatic amines is 1. The Bertz CT molecular complexity index is 1460. The maximum absolute atomic E-state index is 13.7. The summed E-state index contributed by atoms with van der Waals surface area (Å²) in [6.07, 6.45) is 6.65. The predicted molar refractivity (Wildman–Crippen MR) is 158 cm³/mol. The molecular formula is C31H34N4O4S. The van der Waals surface area contributed by atoms with Gasteiger partial charge in [-0.05, 0) is 72.7 Å². The number of aryl methyl sites for hydroxylation is 1. The van der Waals surface area contributed by atoms with Crippen molar-refractivity contribution in [3.63, 3.8) is 0 Å². The number of allylic oxidation sites excluding steroid dienone is 1. The molecule has 1 N–H and O–H groups in total. The lowest BCUT2D eigenvalue weighted by Crippen LogP contribution is -2.33. The van der Waals surface area contributed by atoms with Gasteiger partial charge in [-0.1, -0.05) is 49.4 Å². The molecule has 0 bridgehead atoms. The van der Waals surface area contributed by atoms with Crippen LogP contribution in [0.4, 0.5) is 0 Å². The molecule has 1 aromatic heterocycles. The SMILES string of the molecule is CCCc1cc(=O)[nH]c(SCC(=O)N2N=C3/C(=C\c4ccc(OC)cc4)CCC[C@@H]3[C@@H]2c2ccc(OC)cc2)n1. The monoisotopic (exact) mass is 558 g/mol. The van der Waals surface area contributed by atoms with Crippen LogP contribution in [-0.4, -0.2) is 46.6 Å². The minimum atomic E-state index is -0.216. The molecule has 2 atom stereocenters. The third-order valence-electron chi connectivity index (χ3n) is 7.28. The molecule has 1 aliphatic heterocycles. The molecule has 40 heavy (non-hydrogen) atoms. The van der Waals surface area contributed by atoms with Crippen molar-refractivity contribution >= 4 is 29.5 Å². The molecule has 1 amide bonds. The number of carbonyl (C=O) groups is 1. The van der Waals surface area contributed by atoms with E-state index in [0.29, 0.717) is 5.16 Å². The van der Waals surface area contributed by atoms with Gasteiger partial charge in [-0.15, -0.1) is 0 Å². The summed E-state index contributed by atoms with van der Waals surface area (Å²) in [5, 5.41) is 7.07. The number of rotatable bonds is 9. The third kappa shape index (κ3) is 6.14. The largest absolute Gasteiger partial charge is 0.497 e. The van der Waals surface area contributed by atoms with Crippen molar-refractivity contribution < 1.29 is 14.3 Å². The van der Waals surface area contributed by atoms with Gasteiger partial charge in [0.1, 0.15) is 11.5 Å². The molecule has 1 fully saturated rings. The van der Waals surface area contributed by atoms with Crippen molar-refractivity contribution in [3.8, 4) is 11.5 Å². The maximum atomic E-state index is 13.7. The van der Waals surface area contributed by atoms with Crippen LogP contribution >= 0.6 is 11.8 Å². The number of H-pyrrole nitrogens is 1. The molecular weight excluding hydrogens is 524 g/mol. The summed E-state index contributed by atoms with van der Waals surface area (Å²) in [5.74, 6) is 1.66. The first-order valence-electron chi connectivity index (χ1n) is 13.6. The van der Waals surface area contributed by atoms with E-state index < -0.39 is 0 Å². The van der Waals surface area contributed by atoms with Crippen molar-refractivity contribution in [2.75, 3.05) is 20.0 Å². The van der Waals surface area contributed by atoms with Gasteiger partial charge in [0, 0.05) is 17.7 Å². The second-order valence-electron chi connectivity index (χ2n) is 9.96. The third-order valence-corrected chi connectivity index (χ3v) is 8.14. The van der Waals surface area contributed by atoms with Gasteiger partial charge < -0.3 is 14.5 Å². The van der Waals surface area contributed by atoms with Gasteiger partial charge in [-0.2, -0.15) is 5.10 Å². The van der Waals surface area contributed by atoms with Gasteiger partial charge >= 0.3 is 0 Å². The Morgan fingerprint density at radius 1 is 1.10 bits per heavy atom. The number of hydrogen-bond acceptors (Lipinski definition) is 7. The van der Waals surface area contributed by atoms with E-state index in [4.69, 9.17) is 14.6 Å². The van der Waals surface area contributed by atoms with Gasteiger partial charge in [-0.25, -0.2) is 9.99 Å². The topological polar surface area (TPSA) is 96.9 Å². The summed E-state index contributed by atoms with van der Waals surface area (Å²) in [6, 6.07) is 17.2. The normalized spacial score (nSPS) is 19.3. The average Bonchev–Trinajstić information content (AvgIpc) is 3.37. The standard InChI is InChI=1S/C31H34N4O4S/c1-4-6-23-18-27(36)33-31(32-23)40-19-28(37)35-30(21-11-15-25(39-3)16-12-21)26-8-5-7-22(29(26)34-35)17-20-9-13-24(38-2)14-10-20/h9-18,26,30H,4-8,19H2,1-3H3,(H,32,33,36)/b22-17-/t26-,30-/m0/s1. The molecule has 1 aliphatic carbocycles. The van der Waals surface area contributed by atoms with Crippen LogP contribution in [0.5, 0.6) is 11.5 Å². The van der Waals surface area contributed by atoms with E-state index in [1.807, 2.05) is 55.5 Å². The average molecular weight is 559 g/mol. The van der Waals surface area contributed by atoms with Crippen LogP contribution in [0.3, 0.4) is 0 Å². The second-order valence-corrected chi connectivity index (χ2v) is 10.9. The smallest absolute Gasteiger partial charge is 0.253 e. The Balaban J connectivity index is 1.44. The molecule has 0 radical (unpaired) electrons. The molecule has 2 aliphatic rings. The summed E-state index contributed by atoms with van der Waals surface area (Å²) >= 11 is 1.24. The molecule has 0 spiro atoms. The molecule has 208 valence electrons. The number of hydrazone groups is 1. The van der Waals surface area contributed by atoms with E-state index in [2.05, 4.69) is 16.0 Å². The van der Waals surface area contributed by atoms with Crippen LogP contribution in [0.2, 0.25) is 0 Å². The number of nitrogens with one attached hydrogen (secondary N) is 1. The Hall–Kier alpha value is -3.85. The van der Waals surface area contributed by atoms with Crippen LogP contribution in [0.15, 0.2) is 75.2 Å². The lowest BCUT2D eigenvalue weighted by atomic mass is 9.77. The number of hydrogen-bond donors (Lipinski definition) is 1. The quantitative estimate of drug-likeness (QED) is 0.269. The summed E-state index contributed by atoms with van der Waals surface area (Å²) < 4.78 is 10.7. The number of ether oxygens (including phenoxy) is 2. The lowest BCUT2D eigenvalue weighted by Gasteiger charge is -2.29. The maximum Gasteiger partial charge on any atom is 0.253 e. The zero-order valence-corrected chi connectivity index (χ0v) is 23.9. The van der Waals surface area contributed by atoms with Gasteiger partial charge in [0.05, 0.1) is 31.7 Å². The molecule has 9 heteroatoms. The Kier molecular flexibility index (Phi) is 8.69. The van der Waals surface area contributed by atoms with Crippen LogP contribution in [0.25, 0.3) is 6.08 Å². The molecule has 2 heterocycles. The number of benzene rings is 2. The fourth-order valence-electron chi connectivity index (χ4n) is 5.38. The number of carbonyl (C=O) groups excluding carboxylic acids is 1. The summed E-state index contributed by atoms with van der Waals surface area (Å²) in [4.78, 5) is 33.1. The van der Waals surface area contributed by atoms with Crippen molar-refractivity contribution in [1.82, 2.24) is 15.0 Å². The Labute approximate surface area is 238 Å². The predicted octanol–water partition coefficient (Wildman–Crippen LogP) is 5.65. The fourth-order valence-corrected chi connectivity index (χ4v) is 6.12. The van der Waals surface area contributed by atoms with Gasteiger partial charge in [0.25, 0.3) is 11.5 Å². The highest BCUT2D eigenvalue weighted by molar-refractivity contribution is 7.99. The summed E-state index contributed by atoms with van der Waals surface area (Å²) in [6.45, 7) is 2.04. The van der Waals surface area contributed by atoms with E-state index >= 15 is 0 Å². The number of aromatic nitrogens is 2. The van der Waals surface area contributed by atoms with Gasteiger partial charge in [-0.3, -0.25) is 9.59 Å².